The van der Waals surface area contributed by atoms with Gasteiger partial charge in [-0.3, -0.25) is 9.59 Å². The van der Waals surface area contributed by atoms with Crippen molar-refractivity contribution in [3.63, 3.8) is 0 Å². The molecule has 380 valence electrons. The summed E-state index contributed by atoms with van der Waals surface area (Å²) in [7, 11) is 0. The highest BCUT2D eigenvalue weighted by molar-refractivity contribution is 5.85. The van der Waals surface area contributed by atoms with Crippen LogP contribution in [-0.2, 0) is 23.8 Å². The normalized spacial score (nSPS) is 17.1. The van der Waals surface area contributed by atoms with Crippen molar-refractivity contribution in [2.45, 2.75) is 105 Å². The summed E-state index contributed by atoms with van der Waals surface area (Å²) in [5.41, 5.74) is 14.3. The Morgan fingerprint density at radius 1 is 0.662 bits per heavy atom. The van der Waals surface area contributed by atoms with Crippen molar-refractivity contribution in [3.05, 3.63) is 23.8 Å². The summed E-state index contributed by atoms with van der Waals surface area (Å²) in [6.45, 7) is 23.6. The quantitative estimate of drug-likeness (QED) is 0.0732. The average molecular weight is 972 g/mol. The van der Waals surface area contributed by atoms with E-state index in [1.807, 2.05) is 22.2 Å². The van der Waals surface area contributed by atoms with Crippen molar-refractivity contribution in [3.8, 4) is 12.3 Å². The molecule has 2 saturated heterocycles. The number of hydrogen-bond acceptors (Lipinski definition) is 17. The molecule has 0 aliphatic carbocycles. The average Bonchev–Trinajstić information content (AvgIpc) is 4.02. The van der Waals surface area contributed by atoms with E-state index in [0.29, 0.717) is 133 Å². The third-order valence-corrected chi connectivity index (χ3v) is 12.5. The van der Waals surface area contributed by atoms with Gasteiger partial charge in [0.1, 0.15) is 18.7 Å². The molecule has 5 N–H and O–H groups in total. The van der Waals surface area contributed by atoms with Crippen LogP contribution in [0, 0.1) is 36.0 Å². The Morgan fingerprint density at radius 2 is 1.07 bits per heavy atom. The lowest BCUT2D eigenvalue weighted by Gasteiger charge is -2.38. The summed E-state index contributed by atoms with van der Waals surface area (Å²) < 4.78 is 20.0. The molecule has 6 atom stereocenters. The van der Waals surface area contributed by atoms with Gasteiger partial charge in [0.05, 0.1) is 68.9 Å². The van der Waals surface area contributed by atoms with E-state index in [1.54, 1.807) is 9.36 Å². The molecule has 0 aromatic carbocycles. The number of rotatable bonds is 27. The molecule has 0 bridgehead atoms. The highest BCUT2D eigenvalue weighted by Crippen LogP contribution is 2.29. The van der Waals surface area contributed by atoms with Crippen LogP contribution in [0.25, 0.3) is 0 Å². The maximum absolute atomic E-state index is 14.3. The van der Waals surface area contributed by atoms with Gasteiger partial charge in [-0.2, -0.15) is 15.0 Å². The molecule has 2 aliphatic rings. The van der Waals surface area contributed by atoms with Crippen LogP contribution in [0.4, 0.5) is 17.8 Å². The fourth-order valence-electron chi connectivity index (χ4n) is 8.28. The first-order valence-corrected chi connectivity index (χ1v) is 24.3. The van der Waals surface area contributed by atoms with Gasteiger partial charge in [0, 0.05) is 58.9 Å². The van der Waals surface area contributed by atoms with E-state index < -0.39 is 12.1 Å². The molecule has 5 heterocycles. The monoisotopic (exact) mass is 971 g/mol. The number of amides is 2. The summed E-state index contributed by atoms with van der Waals surface area (Å²) in [5.74, 6) is 4.74. The van der Waals surface area contributed by atoms with Gasteiger partial charge >= 0.3 is 0 Å². The van der Waals surface area contributed by atoms with Gasteiger partial charge in [-0.1, -0.05) is 84.6 Å². The van der Waals surface area contributed by atoms with Crippen LogP contribution in [0.3, 0.4) is 0 Å². The second-order valence-corrected chi connectivity index (χ2v) is 18.7. The number of nitrogens with zero attached hydrogens (tertiary/aromatic N) is 13. The molecular weight excluding hydrogens is 892 g/mol. The molecule has 2 amide bonds. The Bertz CT molecular complexity index is 1880. The minimum Gasteiger partial charge on any atom is -0.377 e. The zero-order chi connectivity index (χ0) is 48.5. The molecule has 5 rings (SSSR count). The number of piperazine rings is 2. The molecule has 22 heteroatoms. The van der Waals surface area contributed by atoms with Crippen LogP contribution < -0.4 is 26.6 Å². The Morgan fingerprint density at radius 3 is 1.47 bits per heavy atom. The maximum atomic E-state index is 14.3. The van der Waals surface area contributed by atoms with Crippen molar-refractivity contribution in [2.24, 2.45) is 35.1 Å². The number of hydrogen-bond donors (Lipinski definition) is 3. The molecule has 0 unspecified atom stereocenters. The Kier molecular flexibility index (Phi) is 23.1. The first-order valence-electron chi connectivity index (χ1n) is 24.3. The molecule has 2 fully saturated rings. The first-order chi connectivity index (χ1) is 32.2. The van der Waals surface area contributed by atoms with Crippen molar-refractivity contribution < 1.29 is 23.8 Å². The van der Waals surface area contributed by atoms with Gasteiger partial charge < -0.3 is 50.6 Å². The molecule has 0 saturated carbocycles. The Hall–Kier alpha value is -4.72. The highest BCUT2D eigenvalue weighted by atomic mass is 35.5. The maximum Gasteiger partial charge on any atom is 0.247 e. The van der Waals surface area contributed by atoms with E-state index in [-0.39, 0.29) is 54.7 Å². The van der Waals surface area contributed by atoms with E-state index in [2.05, 4.69) is 97.1 Å². The van der Waals surface area contributed by atoms with Gasteiger partial charge in [0.2, 0.25) is 29.7 Å². The van der Waals surface area contributed by atoms with Crippen LogP contribution >= 0.6 is 12.4 Å². The number of carbonyl (C=O) groups is 2. The minimum atomic E-state index is -0.502. The number of carbonyl (C=O) groups excluding carboxylic acids is 2. The lowest BCUT2D eigenvalue weighted by molar-refractivity contribution is -0.137. The minimum absolute atomic E-state index is 0. The molecule has 0 radical (unpaired) electrons. The van der Waals surface area contributed by atoms with Gasteiger partial charge in [0.15, 0.2) is 0 Å². The molecule has 3 aromatic rings. The second-order valence-electron chi connectivity index (χ2n) is 18.7. The van der Waals surface area contributed by atoms with Gasteiger partial charge in [-0.25, -0.2) is 9.36 Å². The van der Waals surface area contributed by atoms with Crippen LogP contribution in [0.15, 0.2) is 12.4 Å². The van der Waals surface area contributed by atoms with E-state index in [9.17, 15) is 9.59 Å². The molecule has 68 heavy (non-hydrogen) atoms. The molecular formula is C46H79ClN16O5. The Labute approximate surface area is 409 Å². The molecule has 21 nitrogen and oxygen atoms in total. The van der Waals surface area contributed by atoms with Crippen LogP contribution in [0.2, 0.25) is 0 Å². The van der Waals surface area contributed by atoms with Crippen LogP contribution in [-0.4, -0.2) is 165 Å². The van der Waals surface area contributed by atoms with E-state index in [4.69, 9.17) is 47.1 Å². The van der Waals surface area contributed by atoms with Gasteiger partial charge in [0.25, 0.3) is 0 Å². The summed E-state index contributed by atoms with van der Waals surface area (Å²) >= 11 is 0. The van der Waals surface area contributed by atoms with Crippen molar-refractivity contribution in [1.82, 2.24) is 54.7 Å². The zero-order valence-electron chi connectivity index (χ0n) is 41.7. The summed E-state index contributed by atoms with van der Waals surface area (Å²) in [5, 5.41) is 20.9. The van der Waals surface area contributed by atoms with E-state index in [1.165, 1.54) is 0 Å². The summed E-state index contributed by atoms with van der Waals surface area (Å²) in [6.07, 6.45) is 12.1. The predicted octanol–water partition coefficient (Wildman–Crippen LogP) is 3.54. The van der Waals surface area contributed by atoms with Gasteiger partial charge in [-0.15, -0.1) is 29.0 Å². The number of halogens is 1. The number of nitrogens with one attached hydrogen (secondary N) is 1. The van der Waals surface area contributed by atoms with Crippen molar-refractivity contribution >= 4 is 42.1 Å². The SMILES string of the molecule is C#CCOCCOCCOCCNc1nc(N2CCN(C(=O)[C@H]([C@@H](C)CC)n3cc([C@@H](N)CC(C)C)nn3)CC2)nc(N2CCN(C(=O)[C@H]([C@@H](C)CC)n3cc([C@@H](N)CC(C)C)nn3)CC2)n1.Cl. The van der Waals surface area contributed by atoms with Crippen molar-refractivity contribution in [1.29, 1.82) is 0 Å². The van der Waals surface area contributed by atoms with Crippen molar-refractivity contribution in [2.75, 3.05) is 114 Å². The summed E-state index contributed by atoms with van der Waals surface area (Å²) in [4.78, 5) is 51.2. The van der Waals surface area contributed by atoms with Crippen LogP contribution in [0.5, 0.6) is 0 Å². The zero-order valence-corrected chi connectivity index (χ0v) is 42.5. The topological polar surface area (TPSA) is 239 Å². The largest absolute Gasteiger partial charge is 0.377 e. The number of nitrogens with two attached hydrogens (primary N) is 2. The number of terminal acetylenes is 1. The smallest absolute Gasteiger partial charge is 0.247 e. The predicted molar refractivity (Wildman–Crippen MR) is 264 cm³/mol. The van der Waals surface area contributed by atoms with Gasteiger partial charge in [-0.05, 0) is 36.5 Å². The number of ether oxygens (including phenoxy) is 3. The molecule has 3 aromatic heterocycles. The fourth-order valence-corrected chi connectivity index (χ4v) is 8.28. The Balaban J connectivity index is 0.0000101. The molecule has 2 aliphatic heterocycles. The van der Waals surface area contributed by atoms with Crippen LogP contribution in [0.1, 0.15) is 117 Å². The second kappa shape index (κ2) is 28.1. The first kappa shape index (κ1) is 55.9. The number of aromatic nitrogens is 9. The third kappa shape index (κ3) is 15.9. The van der Waals surface area contributed by atoms with E-state index >= 15 is 0 Å². The summed E-state index contributed by atoms with van der Waals surface area (Å²) in [6, 6.07) is -1.49. The lowest BCUT2D eigenvalue weighted by Crippen LogP contribution is -2.52. The molecule has 0 spiro atoms. The standard InChI is InChI=1S/C46H78N16O5.ClH/c1-10-22-65-24-26-67-27-25-66-23-13-49-44-50-45(59-18-14-57(15-19-59)42(63)40(34(8)11-2)61-30-38(53-55-61)36(47)28-32(4)5)52-46(51-44)60-20-16-58(17-21-60)43(64)41(35(9)12-3)62-31-39(54-56-62)37(48)29-33(6)7;/h1,30-37,40-41H,11-29,47-48H2,2-9H3,(H,49,50,51,52);1H/t34-,35-,36-,37-,40-,41-;/m0./s1. The number of anilines is 3. The highest BCUT2D eigenvalue weighted by Gasteiger charge is 2.36. The third-order valence-electron chi connectivity index (χ3n) is 12.5. The fraction of sp³-hybridized carbons (Fsp3) is 0.761. The lowest BCUT2D eigenvalue weighted by atomic mass is 9.97. The van der Waals surface area contributed by atoms with E-state index in [0.717, 1.165) is 25.7 Å².